The van der Waals surface area contributed by atoms with Crippen molar-refractivity contribution < 1.29 is 23.1 Å². The maximum absolute atomic E-state index is 11.7. The fraction of sp³-hybridized carbons (Fsp3) is 0.800. The van der Waals surface area contributed by atoms with Crippen LogP contribution in [0.25, 0.3) is 0 Å². The molecule has 1 heterocycles. The van der Waals surface area contributed by atoms with Gasteiger partial charge < -0.3 is 15.3 Å². The van der Waals surface area contributed by atoms with Crippen molar-refractivity contribution in [3.63, 3.8) is 0 Å². The van der Waals surface area contributed by atoms with Crippen molar-refractivity contribution in [1.82, 2.24) is 10.2 Å². The number of aliphatic carboxylic acids is 1. The van der Waals surface area contributed by atoms with E-state index in [0.29, 0.717) is 19.4 Å². The summed E-state index contributed by atoms with van der Waals surface area (Å²) in [4.78, 5) is 23.9. The van der Waals surface area contributed by atoms with Crippen molar-refractivity contribution in [2.24, 2.45) is 5.92 Å². The smallest absolute Gasteiger partial charge is 0.317 e. The number of likely N-dealkylation sites (tertiary alicyclic amines) is 1. The first-order valence-electron chi connectivity index (χ1n) is 5.73. The Hall–Kier alpha value is -1.31. The molecule has 0 spiro atoms. The van der Waals surface area contributed by atoms with Gasteiger partial charge in [-0.1, -0.05) is 0 Å². The van der Waals surface area contributed by atoms with Gasteiger partial charge in [0.1, 0.15) is 9.84 Å². The zero-order valence-electron chi connectivity index (χ0n) is 10.3. The highest BCUT2D eigenvalue weighted by Gasteiger charge is 2.27. The summed E-state index contributed by atoms with van der Waals surface area (Å²) in [6.45, 7) is 0.737. The Morgan fingerprint density at radius 1 is 1.44 bits per heavy atom. The molecule has 0 aromatic heterocycles. The molecular formula is C10H18N2O5S. The summed E-state index contributed by atoms with van der Waals surface area (Å²) in [6.07, 6.45) is 2.32. The van der Waals surface area contributed by atoms with Crippen LogP contribution in [-0.2, 0) is 14.6 Å². The van der Waals surface area contributed by atoms with E-state index in [9.17, 15) is 18.0 Å². The lowest BCUT2D eigenvalue weighted by molar-refractivity contribution is -0.143. The van der Waals surface area contributed by atoms with Crippen LogP contribution in [0.15, 0.2) is 0 Å². The molecule has 1 aliphatic rings. The number of hydrogen-bond acceptors (Lipinski definition) is 4. The Kier molecular flexibility index (Phi) is 4.94. The lowest BCUT2D eigenvalue weighted by Gasteiger charge is -2.30. The van der Waals surface area contributed by atoms with E-state index in [4.69, 9.17) is 5.11 Å². The molecule has 0 unspecified atom stereocenters. The van der Waals surface area contributed by atoms with Crippen molar-refractivity contribution in [3.05, 3.63) is 0 Å². The first-order chi connectivity index (χ1) is 8.29. The third-order valence-corrected chi connectivity index (χ3v) is 3.75. The van der Waals surface area contributed by atoms with E-state index in [1.807, 2.05) is 0 Å². The van der Waals surface area contributed by atoms with Crippen LogP contribution in [0.1, 0.15) is 12.8 Å². The molecule has 7 nitrogen and oxygen atoms in total. The standard InChI is InChI=1S/C10H18N2O5S/c1-18(16,17)6-4-11-10(15)12-5-2-3-8(7-12)9(13)14/h8H,2-7H2,1H3,(H,11,15)(H,13,14)/t8-/m1/s1. The molecule has 1 aliphatic heterocycles. The van der Waals surface area contributed by atoms with Crippen LogP contribution < -0.4 is 5.32 Å². The van der Waals surface area contributed by atoms with Gasteiger partial charge in [-0.15, -0.1) is 0 Å². The second-order valence-electron chi connectivity index (χ2n) is 4.49. The molecule has 18 heavy (non-hydrogen) atoms. The number of hydrogen-bond donors (Lipinski definition) is 2. The summed E-state index contributed by atoms with van der Waals surface area (Å²) in [6, 6.07) is -0.399. The minimum atomic E-state index is -3.10. The van der Waals surface area contributed by atoms with Crippen molar-refractivity contribution >= 4 is 21.8 Å². The minimum Gasteiger partial charge on any atom is -0.481 e. The van der Waals surface area contributed by atoms with E-state index in [2.05, 4.69) is 5.32 Å². The van der Waals surface area contributed by atoms with Gasteiger partial charge in [0.05, 0.1) is 11.7 Å². The first kappa shape index (κ1) is 14.7. The predicted molar refractivity (Wildman–Crippen MR) is 65.0 cm³/mol. The van der Waals surface area contributed by atoms with Crippen molar-refractivity contribution in [1.29, 1.82) is 0 Å². The molecule has 1 atom stereocenters. The predicted octanol–water partition coefficient (Wildman–Crippen LogP) is -0.463. The number of carbonyl (C=O) groups excluding carboxylic acids is 1. The number of piperidine rings is 1. The molecule has 0 aromatic rings. The van der Waals surface area contributed by atoms with Crippen LogP contribution >= 0.6 is 0 Å². The summed E-state index contributed by atoms with van der Waals surface area (Å²) in [7, 11) is -3.10. The number of carboxylic acids is 1. The van der Waals surface area contributed by atoms with Crippen molar-refractivity contribution in [3.8, 4) is 0 Å². The van der Waals surface area contributed by atoms with Crippen LogP contribution in [-0.4, -0.2) is 62.1 Å². The number of sulfone groups is 1. The fourth-order valence-electron chi connectivity index (χ4n) is 1.82. The molecule has 1 fully saturated rings. The molecule has 0 aromatic carbocycles. The maximum Gasteiger partial charge on any atom is 0.317 e. The van der Waals surface area contributed by atoms with Crippen LogP contribution in [0.5, 0.6) is 0 Å². The Bertz CT molecular complexity index is 420. The number of nitrogens with zero attached hydrogens (tertiary/aromatic N) is 1. The molecule has 0 aliphatic carbocycles. The van der Waals surface area contributed by atoms with Crippen LogP contribution in [0.2, 0.25) is 0 Å². The molecule has 1 rings (SSSR count). The van der Waals surface area contributed by atoms with Gasteiger partial charge in [0, 0.05) is 25.9 Å². The Balaban J connectivity index is 2.39. The Labute approximate surface area is 106 Å². The number of nitrogens with one attached hydrogen (secondary N) is 1. The topological polar surface area (TPSA) is 104 Å². The van der Waals surface area contributed by atoms with Gasteiger partial charge in [-0.2, -0.15) is 0 Å². The average molecular weight is 278 g/mol. The molecule has 0 bridgehead atoms. The zero-order chi connectivity index (χ0) is 13.8. The van der Waals surface area contributed by atoms with Gasteiger partial charge in [0.2, 0.25) is 0 Å². The lowest BCUT2D eigenvalue weighted by Crippen LogP contribution is -2.47. The fourth-order valence-corrected chi connectivity index (χ4v) is 2.29. The molecule has 0 radical (unpaired) electrons. The van der Waals surface area contributed by atoms with E-state index in [1.165, 1.54) is 4.90 Å². The number of carboxylic acid groups (broad SMARTS) is 1. The number of carbonyl (C=O) groups is 2. The van der Waals surface area contributed by atoms with Crippen LogP contribution in [0, 0.1) is 5.92 Å². The van der Waals surface area contributed by atoms with Gasteiger partial charge >= 0.3 is 12.0 Å². The average Bonchev–Trinajstić information content (AvgIpc) is 2.27. The third-order valence-electron chi connectivity index (χ3n) is 2.81. The third kappa shape index (κ3) is 4.91. The van der Waals surface area contributed by atoms with E-state index in [0.717, 1.165) is 6.26 Å². The molecule has 0 saturated carbocycles. The second-order valence-corrected chi connectivity index (χ2v) is 6.74. The summed E-state index contributed by atoms with van der Waals surface area (Å²) >= 11 is 0. The largest absolute Gasteiger partial charge is 0.481 e. The highest BCUT2D eigenvalue weighted by molar-refractivity contribution is 7.90. The van der Waals surface area contributed by atoms with E-state index in [1.54, 1.807) is 0 Å². The normalized spacial score (nSPS) is 20.5. The highest BCUT2D eigenvalue weighted by atomic mass is 32.2. The Morgan fingerprint density at radius 3 is 2.67 bits per heavy atom. The summed E-state index contributed by atoms with van der Waals surface area (Å²) in [5.74, 6) is -1.54. The Morgan fingerprint density at radius 2 is 2.11 bits per heavy atom. The minimum absolute atomic E-state index is 0.0475. The maximum atomic E-state index is 11.7. The van der Waals surface area contributed by atoms with E-state index in [-0.39, 0.29) is 18.8 Å². The van der Waals surface area contributed by atoms with Crippen molar-refractivity contribution in [2.75, 3.05) is 31.6 Å². The lowest BCUT2D eigenvalue weighted by atomic mass is 9.99. The quantitative estimate of drug-likeness (QED) is 0.724. The van der Waals surface area contributed by atoms with Gasteiger partial charge in [0.25, 0.3) is 0 Å². The van der Waals surface area contributed by atoms with Gasteiger partial charge in [-0.25, -0.2) is 13.2 Å². The van der Waals surface area contributed by atoms with Crippen LogP contribution in [0.4, 0.5) is 4.79 Å². The van der Waals surface area contributed by atoms with Gasteiger partial charge in [0.15, 0.2) is 0 Å². The monoisotopic (exact) mass is 278 g/mol. The zero-order valence-corrected chi connectivity index (χ0v) is 11.1. The molecule has 8 heteroatoms. The molecule has 2 N–H and O–H groups in total. The van der Waals surface area contributed by atoms with Crippen LogP contribution in [0.3, 0.4) is 0 Å². The van der Waals surface area contributed by atoms with Crippen molar-refractivity contribution in [2.45, 2.75) is 12.8 Å². The first-order valence-corrected chi connectivity index (χ1v) is 7.79. The second kappa shape index (κ2) is 6.03. The van der Waals surface area contributed by atoms with E-state index >= 15 is 0 Å². The van der Waals surface area contributed by atoms with E-state index < -0.39 is 27.8 Å². The molecule has 1 saturated heterocycles. The summed E-state index contributed by atoms with van der Waals surface area (Å²) in [5, 5.41) is 11.4. The number of rotatable bonds is 4. The van der Waals surface area contributed by atoms with Gasteiger partial charge in [-0.05, 0) is 12.8 Å². The van der Waals surface area contributed by atoms with Gasteiger partial charge in [-0.3, -0.25) is 4.79 Å². The highest BCUT2D eigenvalue weighted by Crippen LogP contribution is 2.16. The summed E-state index contributed by atoms with van der Waals surface area (Å²) in [5.41, 5.74) is 0. The summed E-state index contributed by atoms with van der Waals surface area (Å²) < 4.78 is 21.8. The molecule has 104 valence electrons. The SMILES string of the molecule is CS(=O)(=O)CCNC(=O)N1CCC[C@@H](C(=O)O)C1. The molecular weight excluding hydrogens is 260 g/mol. The molecule has 2 amide bonds. The number of urea groups is 1. The number of amides is 2.